The highest BCUT2D eigenvalue weighted by molar-refractivity contribution is 5.89. The van der Waals surface area contributed by atoms with E-state index < -0.39 is 5.60 Å². The first kappa shape index (κ1) is 11.7. The van der Waals surface area contributed by atoms with Crippen molar-refractivity contribution < 1.29 is 14.6 Å². The van der Waals surface area contributed by atoms with Crippen molar-refractivity contribution in [2.75, 3.05) is 6.61 Å². The smallest absolute Gasteiger partial charge is 0.167 e. The number of ether oxygens (including phenoxy) is 1. The van der Waals surface area contributed by atoms with Crippen LogP contribution >= 0.6 is 0 Å². The van der Waals surface area contributed by atoms with Crippen molar-refractivity contribution in [3.63, 3.8) is 0 Å². The Bertz CT molecular complexity index is 376. The third-order valence-corrected chi connectivity index (χ3v) is 5.50. The first-order valence-corrected chi connectivity index (χ1v) is 6.67. The Hall–Kier alpha value is -0.410. The van der Waals surface area contributed by atoms with Crippen LogP contribution in [0.5, 0.6) is 0 Å². The van der Waals surface area contributed by atoms with E-state index in [9.17, 15) is 9.90 Å². The van der Waals surface area contributed by atoms with Crippen LogP contribution in [0.1, 0.15) is 46.5 Å². The summed E-state index contributed by atoms with van der Waals surface area (Å²) in [6, 6.07) is 0. The van der Waals surface area contributed by atoms with Crippen molar-refractivity contribution in [2.45, 2.75) is 57.7 Å². The summed E-state index contributed by atoms with van der Waals surface area (Å²) in [6.45, 7) is 6.58. The van der Waals surface area contributed by atoms with Crippen molar-refractivity contribution in [1.82, 2.24) is 0 Å². The van der Waals surface area contributed by atoms with E-state index >= 15 is 0 Å². The van der Waals surface area contributed by atoms with Gasteiger partial charge in [-0.2, -0.15) is 0 Å². The maximum atomic E-state index is 12.2. The zero-order valence-corrected chi connectivity index (χ0v) is 11.0. The zero-order chi connectivity index (χ0) is 12.5. The second-order valence-corrected chi connectivity index (χ2v) is 7.18. The van der Waals surface area contributed by atoms with Gasteiger partial charge in [0.2, 0.25) is 0 Å². The fourth-order valence-electron chi connectivity index (χ4n) is 4.31. The Labute approximate surface area is 103 Å². The minimum absolute atomic E-state index is 0.0106. The van der Waals surface area contributed by atoms with E-state index in [0.717, 1.165) is 19.3 Å². The molecule has 0 spiro atoms. The number of carbonyl (C=O) groups is 1. The standard InChI is InChI=1S/C14H22O3/c1-12(2)9-4-5-13(3)6-10(9)14(16,8-17-12)11(15)7-13/h9-10,16H,4-8H2,1-3H3/t9?,10?,13-,14-/m0/s1. The van der Waals surface area contributed by atoms with Gasteiger partial charge in [0.15, 0.2) is 5.78 Å². The third kappa shape index (κ3) is 1.45. The Morgan fingerprint density at radius 1 is 1.29 bits per heavy atom. The van der Waals surface area contributed by atoms with Crippen LogP contribution in [0.3, 0.4) is 0 Å². The van der Waals surface area contributed by atoms with E-state index in [4.69, 9.17) is 4.74 Å². The Balaban J connectivity index is 2.03. The summed E-state index contributed by atoms with van der Waals surface area (Å²) < 4.78 is 5.80. The van der Waals surface area contributed by atoms with Gasteiger partial charge in [-0.1, -0.05) is 6.92 Å². The molecule has 0 amide bonds. The molecule has 4 atom stereocenters. The van der Waals surface area contributed by atoms with E-state index in [1.807, 2.05) is 0 Å². The highest BCUT2D eigenvalue weighted by atomic mass is 16.5. The largest absolute Gasteiger partial charge is 0.379 e. The maximum Gasteiger partial charge on any atom is 0.167 e. The Kier molecular flexibility index (Phi) is 2.14. The lowest BCUT2D eigenvalue weighted by Crippen LogP contribution is -2.67. The summed E-state index contributed by atoms with van der Waals surface area (Å²) in [4.78, 5) is 12.2. The minimum Gasteiger partial charge on any atom is -0.379 e. The zero-order valence-electron chi connectivity index (χ0n) is 11.0. The van der Waals surface area contributed by atoms with Gasteiger partial charge in [-0.15, -0.1) is 0 Å². The van der Waals surface area contributed by atoms with Crippen LogP contribution in [-0.4, -0.2) is 28.7 Å². The fraction of sp³-hybridized carbons (Fsp3) is 0.929. The molecule has 3 nitrogen and oxygen atoms in total. The molecule has 2 bridgehead atoms. The van der Waals surface area contributed by atoms with Crippen LogP contribution in [0.15, 0.2) is 0 Å². The van der Waals surface area contributed by atoms with E-state index in [-0.39, 0.29) is 29.3 Å². The van der Waals surface area contributed by atoms with Gasteiger partial charge in [0.25, 0.3) is 0 Å². The second-order valence-electron chi connectivity index (χ2n) is 7.18. The van der Waals surface area contributed by atoms with Crippen molar-refractivity contribution in [2.24, 2.45) is 17.3 Å². The van der Waals surface area contributed by atoms with Gasteiger partial charge in [-0.3, -0.25) is 4.79 Å². The topological polar surface area (TPSA) is 46.5 Å². The van der Waals surface area contributed by atoms with Gasteiger partial charge < -0.3 is 9.84 Å². The summed E-state index contributed by atoms with van der Waals surface area (Å²) in [5.74, 6) is 0.432. The van der Waals surface area contributed by atoms with E-state index in [1.54, 1.807) is 0 Å². The van der Waals surface area contributed by atoms with E-state index in [0.29, 0.717) is 12.3 Å². The number of hydrogen-bond acceptors (Lipinski definition) is 3. The number of Topliss-reactive ketones (excluding diaryl/α,β-unsaturated/α-hetero) is 1. The van der Waals surface area contributed by atoms with Gasteiger partial charge in [0.1, 0.15) is 5.60 Å². The quantitative estimate of drug-likeness (QED) is 0.701. The van der Waals surface area contributed by atoms with Crippen molar-refractivity contribution in [1.29, 1.82) is 0 Å². The van der Waals surface area contributed by atoms with E-state index in [1.165, 1.54) is 0 Å². The molecule has 1 aliphatic heterocycles. The molecule has 2 saturated carbocycles. The molecule has 3 heteroatoms. The van der Waals surface area contributed by atoms with Gasteiger partial charge >= 0.3 is 0 Å². The van der Waals surface area contributed by atoms with Gasteiger partial charge in [-0.05, 0) is 44.4 Å². The van der Waals surface area contributed by atoms with Crippen molar-refractivity contribution in [3.05, 3.63) is 0 Å². The highest BCUT2D eigenvalue weighted by Gasteiger charge is 2.62. The van der Waals surface area contributed by atoms with Crippen molar-refractivity contribution >= 4 is 5.78 Å². The summed E-state index contributed by atoms with van der Waals surface area (Å²) in [5.41, 5.74) is -1.27. The van der Waals surface area contributed by atoms with Crippen LogP contribution in [0.4, 0.5) is 0 Å². The molecule has 0 aromatic carbocycles. The normalized spacial score (nSPS) is 52.4. The fourth-order valence-corrected chi connectivity index (χ4v) is 4.31. The Morgan fingerprint density at radius 3 is 2.71 bits per heavy atom. The number of aliphatic hydroxyl groups is 1. The lowest BCUT2D eigenvalue weighted by Gasteiger charge is -2.60. The van der Waals surface area contributed by atoms with Crippen LogP contribution in [0.25, 0.3) is 0 Å². The molecule has 1 saturated heterocycles. The molecule has 3 rings (SSSR count). The highest BCUT2D eigenvalue weighted by Crippen LogP contribution is 2.58. The molecule has 3 fully saturated rings. The van der Waals surface area contributed by atoms with Crippen LogP contribution in [0.2, 0.25) is 0 Å². The molecule has 96 valence electrons. The lowest BCUT2D eigenvalue weighted by atomic mass is 9.50. The monoisotopic (exact) mass is 238 g/mol. The first-order chi connectivity index (χ1) is 7.77. The molecular weight excluding hydrogens is 216 g/mol. The minimum atomic E-state index is -1.19. The summed E-state index contributed by atoms with van der Waals surface area (Å²) in [6.07, 6.45) is 3.66. The predicted octanol–water partition coefficient (Wildman–Crippen LogP) is 1.92. The van der Waals surface area contributed by atoms with Crippen LogP contribution in [-0.2, 0) is 9.53 Å². The van der Waals surface area contributed by atoms with Gasteiger partial charge in [0.05, 0.1) is 12.2 Å². The molecule has 0 radical (unpaired) electrons. The molecular formula is C14H22O3. The molecule has 1 N–H and O–H groups in total. The molecule has 2 unspecified atom stereocenters. The predicted molar refractivity (Wildman–Crippen MR) is 63.5 cm³/mol. The van der Waals surface area contributed by atoms with Crippen LogP contribution in [0, 0.1) is 17.3 Å². The molecule has 2 aliphatic carbocycles. The average molecular weight is 238 g/mol. The van der Waals surface area contributed by atoms with Crippen molar-refractivity contribution in [3.8, 4) is 0 Å². The number of ketones is 1. The van der Waals surface area contributed by atoms with E-state index in [2.05, 4.69) is 20.8 Å². The first-order valence-electron chi connectivity index (χ1n) is 6.67. The molecule has 3 aliphatic rings. The number of rotatable bonds is 0. The number of hydrogen-bond donors (Lipinski definition) is 1. The second kappa shape index (κ2) is 3.12. The number of fused-ring (bicyclic) bond motifs is 1. The molecule has 1 heterocycles. The maximum absolute atomic E-state index is 12.2. The summed E-state index contributed by atoms with van der Waals surface area (Å²) >= 11 is 0. The molecule has 17 heavy (non-hydrogen) atoms. The summed E-state index contributed by atoms with van der Waals surface area (Å²) in [7, 11) is 0. The Morgan fingerprint density at radius 2 is 2.00 bits per heavy atom. The third-order valence-electron chi connectivity index (χ3n) is 5.50. The van der Waals surface area contributed by atoms with Gasteiger partial charge in [0, 0.05) is 12.3 Å². The SMILES string of the molecule is CC1(C)OC[C@@]2(O)C(=O)C[C@@]3(C)CCC1C2C3. The number of carbonyl (C=O) groups excluding carboxylic acids is 1. The molecule has 0 aromatic rings. The van der Waals surface area contributed by atoms with Crippen LogP contribution < -0.4 is 0 Å². The lowest BCUT2D eigenvalue weighted by molar-refractivity contribution is -0.245. The summed E-state index contributed by atoms with van der Waals surface area (Å²) in [5, 5.41) is 10.7. The van der Waals surface area contributed by atoms with Gasteiger partial charge in [-0.25, -0.2) is 0 Å². The average Bonchev–Trinajstić information content (AvgIpc) is 2.22. The molecule has 0 aromatic heterocycles.